The molecule has 0 heterocycles. The SMILES string of the molecule is COc1cc(C(=O)N[C@@H](CS)C(=O)O)cc(OC)c1OC. The number of amides is 1. The first-order chi connectivity index (χ1) is 9.98. The molecule has 0 bridgehead atoms. The molecule has 1 aromatic rings. The smallest absolute Gasteiger partial charge is 0.327 e. The van der Waals surface area contributed by atoms with E-state index in [4.69, 9.17) is 19.3 Å². The van der Waals surface area contributed by atoms with Crippen molar-refractivity contribution in [2.24, 2.45) is 0 Å². The van der Waals surface area contributed by atoms with E-state index in [1.807, 2.05) is 0 Å². The molecule has 8 heteroatoms. The molecule has 0 saturated heterocycles. The zero-order valence-corrected chi connectivity index (χ0v) is 12.8. The van der Waals surface area contributed by atoms with Crippen LogP contribution in [0.25, 0.3) is 0 Å². The van der Waals surface area contributed by atoms with Gasteiger partial charge in [0.05, 0.1) is 21.3 Å². The molecule has 0 aliphatic heterocycles. The number of carboxylic acid groups (broad SMARTS) is 1. The fourth-order valence-electron chi connectivity index (χ4n) is 1.64. The van der Waals surface area contributed by atoms with Gasteiger partial charge in [-0.05, 0) is 12.1 Å². The lowest BCUT2D eigenvalue weighted by atomic mass is 10.1. The van der Waals surface area contributed by atoms with Crippen LogP contribution in [-0.4, -0.2) is 50.1 Å². The Hall–Kier alpha value is -2.09. The molecule has 1 rings (SSSR count). The molecular weight excluding hydrogens is 298 g/mol. The van der Waals surface area contributed by atoms with Gasteiger partial charge in [-0.1, -0.05) is 0 Å². The minimum atomic E-state index is -1.16. The number of carbonyl (C=O) groups excluding carboxylic acids is 1. The van der Waals surface area contributed by atoms with Gasteiger partial charge >= 0.3 is 5.97 Å². The van der Waals surface area contributed by atoms with Crippen molar-refractivity contribution in [2.45, 2.75) is 6.04 Å². The number of hydrogen-bond acceptors (Lipinski definition) is 6. The molecule has 0 aliphatic rings. The van der Waals surface area contributed by atoms with Crippen LogP contribution in [0.2, 0.25) is 0 Å². The van der Waals surface area contributed by atoms with Gasteiger partial charge in [0.1, 0.15) is 6.04 Å². The van der Waals surface area contributed by atoms with Crippen LogP contribution in [0, 0.1) is 0 Å². The van der Waals surface area contributed by atoms with Crippen molar-refractivity contribution >= 4 is 24.5 Å². The van der Waals surface area contributed by atoms with Crippen LogP contribution in [0.5, 0.6) is 17.2 Å². The van der Waals surface area contributed by atoms with Gasteiger partial charge in [0.25, 0.3) is 5.91 Å². The molecule has 0 radical (unpaired) electrons. The van der Waals surface area contributed by atoms with Gasteiger partial charge in [0.15, 0.2) is 11.5 Å². The van der Waals surface area contributed by atoms with E-state index in [1.54, 1.807) is 0 Å². The predicted octanol–water partition coefficient (Wildman–Crippen LogP) is 0.825. The van der Waals surface area contributed by atoms with Crippen molar-refractivity contribution in [1.29, 1.82) is 0 Å². The zero-order valence-electron chi connectivity index (χ0n) is 11.9. The van der Waals surface area contributed by atoms with Gasteiger partial charge in [-0.25, -0.2) is 4.79 Å². The molecule has 0 unspecified atom stereocenters. The summed E-state index contributed by atoms with van der Waals surface area (Å²) < 4.78 is 15.4. The van der Waals surface area contributed by atoms with Crippen molar-refractivity contribution in [3.8, 4) is 17.2 Å². The van der Waals surface area contributed by atoms with Crippen LogP contribution in [0.1, 0.15) is 10.4 Å². The summed E-state index contributed by atoms with van der Waals surface area (Å²) in [7, 11) is 4.29. The van der Waals surface area contributed by atoms with Gasteiger partial charge in [0.2, 0.25) is 5.75 Å². The molecule has 0 saturated carbocycles. The van der Waals surface area contributed by atoms with Crippen molar-refractivity contribution in [3.63, 3.8) is 0 Å². The average molecular weight is 315 g/mol. The molecule has 0 fully saturated rings. The molecular formula is C13H17NO6S. The number of methoxy groups -OCH3 is 3. The van der Waals surface area contributed by atoms with E-state index < -0.39 is 17.9 Å². The van der Waals surface area contributed by atoms with E-state index in [-0.39, 0.29) is 11.3 Å². The maximum Gasteiger partial charge on any atom is 0.327 e. The highest BCUT2D eigenvalue weighted by Crippen LogP contribution is 2.38. The van der Waals surface area contributed by atoms with E-state index in [0.29, 0.717) is 17.2 Å². The molecule has 7 nitrogen and oxygen atoms in total. The highest BCUT2D eigenvalue weighted by molar-refractivity contribution is 7.80. The molecule has 116 valence electrons. The van der Waals surface area contributed by atoms with E-state index in [9.17, 15) is 9.59 Å². The summed E-state index contributed by atoms with van der Waals surface area (Å²) in [5.74, 6) is -0.799. The van der Waals surface area contributed by atoms with Gasteiger partial charge in [0, 0.05) is 11.3 Å². The van der Waals surface area contributed by atoms with Gasteiger partial charge < -0.3 is 24.6 Å². The zero-order chi connectivity index (χ0) is 16.0. The summed E-state index contributed by atoms with van der Waals surface area (Å²) in [4.78, 5) is 23.0. The van der Waals surface area contributed by atoms with Crippen molar-refractivity contribution in [2.75, 3.05) is 27.1 Å². The Labute approximate surface area is 127 Å². The van der Waals surface area contributed by atoms with Gasteiger partial charge in [-0.3, -0.25) is 4.79 Å². The normalized spacial score (nSPS) is 11.4. The number of benzene rings is 1. The molecule has 0 aromatic heterocycles. The number of hydrogen-bond donors (Lipinski definition) is 3. The van der Waals surface area contributed by atoms with Crippen molar-refractivity contribution < 1.29 is 28.9 Å². The van der Waals surface area contributed by atoms with Crippen LogP contribution in [-0.2, 0) is 4.79 Å². The Balaban J connectivity index is 3.13. The first-order valence-corrected chi connectivity index (χ1v) is 6.56. The second-order valence-electron chi connectivity index (χ2n) is 3.96. The van der Waals surface area contributed by atoms with Crippen molar-refractivity contribution in [3.05, 3.63) is 17.7 Å². The lowest BCUT2D eigenvalue weighted by molar-refractivity contribution is -0.138. The molecule has 1 aromatic carbocycles. The fourth-order valence-corrected chi connectivity index (χ4v) is 1.89. The lowest BCUT2D eigenvalue weighted by Gasteiger charge is -2.15. The van der Waals surface area contributed by atoms with Crippen LogP contribution >= 0.6 is 12.6 Å². The minimum Gasteiger partial charge on any atom is -0.493 e. The summed E-state index contributed by atoms with van der Waals surface area (Å²) in [6, 6.07) is 1.79. The van der Waals surface area contributed by atoms with E-state index >= 15 is 0 Å². The molecule has 0 spiro atoms. The van der Waals surface area contributed by atoms with Crippen molar-refractivity contribution in [1.82, 2.24) is 5.32 Å². The summed E-state index contributed by atoms with van der Waals surface area (Å²) in [6.07, 6.45) is 0. The van der Waals surface area contributed by atoms with Crippen LogP contribution in [0.3, 0.4) is 0 Å². The Morgan fingerprint density at radius 3 is 2.05 bits per heavy atom. The predicted molar refractivity (Wildman–Crippen MR) is 78.8 cm³/mol. The van der Waals surface area contributed by atoms with Crippen LogP contribution in [0.4, 0.5) is 0 Å². The Morgan fingerprint density at radius 2 is 1.71 bits per heavy atom. The van der Waals surface area contributed by atoms with Crippen LogP contribution in [0.15, 0.2) is 12.1 Å². The lowest BCUT2D eigenvalue weighted by Crippen LogP contribution is -2.42. The summed E-state index contributed by atoms with van der Waals surface area (Å²) in [5.41, 5.74) is 0.192. The maximum absolute atomic E-state index is 12.1. The average Bonchev–Trinajstić information content (AvgIpc) is 2.50. The third kappa shape index (κ3) is 3.94. The van der Waals surface area contributed by atoms with Gasteiger partial charge in [-0.15, -0.1) is 0 Å². The maximum atomic E-state index is 12.1. The number of aliphatic carboxylic acids is 1. The first kappa shape index (κ1) is 17.0. The molecule has 1 amide bonds. The fraction of sp³-hybridized carbons (Fsp3) is 0.385. The van der Waals surface area contributed by atoms with Gasteiger partial charge in [-0.2, -0.15) is 12.6 Å². The Kier molecular flexibility index (Phi) is 6.16. The number of rotatable bonds is 7. The third-order valence-corrected chi connectivity index (χ3v) is 3.08. The summed E-state index contributed by atoms with van der Waals surface area (Å²) in [6.45, 7) is 0. The number of carboxylic acids is 1. The minimum absolute atomic E-state index is 0.0223. The second kappa shape index (κ2) is 7.63. The number of thiol groups is 1. The highest BCUT2D eigenvalue weighted by Gasteiger charge is 2.21. The van der Waals surface area contributed by atoms with E-state index in [0.717, 1.165) is 0 Å². The molecule has 21 heavy (non-hydrogen) atoms. The molecule has 1 atom stereocenters. The first-order valence-electron chi connectivity index (χ1n) is 5.93. The quantitative estimate of drug-likeness (QED) is 0.645. The highest BCUT2D eigenvalue weighted by atomic mass is 32.1. The Morgan fingerprint density at radius 1 is 1.19 bits per heavy atom. The number of nitrogens with one attached hydrogen (secondary N) is 1. The largest absolute Gasteiger partial charge is 0.493 e. The van der Waals surface area contributed by atoms with E-state index in [2.05, 4.69) is 17.9 Å². The van der Waals surface area contributed by atoms with E-state index in [1.165, 1.54) is 33.5 Å². The third-order valence-electron chi connectivity index (χ3n) is 2.71. The molecule has 2 N–H and O–H groups in total. The monoisotopic (exact) mass is 315 g/mol. The van der Waals surface area contributed by atoms with Crippen LogP contribution < -0.4 is 19.5 Å². The number of carbonyl (C=O) groups is 2. The summed E-state index contributed by atoms with van der Waals surface area (Å²) >= 11 is 3.89. The molecule has 0 aliphatic carbocycles. The topological polar surface area (TPSA) is 94.1 Å². The number of ether oxygens (including phenoxy) is 3. The summed E-state index contributed by atoms with van der Waals surface area (Å²) in [5, 5.41) is 11.3. The Bertz CT molecular complexity index is 508. The second-order valence-corrected chi connectivity index (χ2v) is 4.33. The standard InChI is InChI=1S/C13H17NO6S/c1-18-9-4-7(5-10(19-2)11(9)20-3)12(15)14-8(6-21)13(16)17/h4-5,8,21H,6H2,1-3H3,(H,14,15)(H,16,17)/t8-/m0/s1.